The fourth-order valence-electron chi connectivity index (χ4n) is 2.70. The van der Waals surface area contributed by atoms with Crippen LogP contribution in [0.4, 0.5) is 0 Å². The number of aliphatic hydroxyl groups is 1. The molecule has 0 spiro atoms. The zero-order chi connectivity index (χ0) is 14.9. The van der Waals surface area contributed by atoms with E-state index in [-0.39, 0.29) is 12.5 Å². The van der Waals surface area contributed by atoms with Crippen LogP contribution in [0.25, 0.3) is 0 Å². The highest BCUT2D eigenvalue weighted by Crippen LogP contribution is 2.28. The molecule has 0 bridgehead atoms. The van der Waals surface area contributed by atoms with Crippen LogP contribution >= 0.6 is 11.3 Å². The molecule has 0 radical (unpaired) electrons. The molecule has 1 aliphatic rings. The third kappa shape index (κ3) is 5.53. The van der Waals surface area contributed by atoms with Gasteiger partial charge in [0.1, 0.15) is 0 Å². The van der Waals surface area contributed by atoms with Gasteiger partial charge in [0.25, 0.3) is 0 Å². The minimum absolute atomic E-state index is 0.0877. The molecule has 1 aromatic rings. The van der Waals surface area contributed by atoms with Gasteiger partial charge in [-0.15, -0.1) is 11.3 Å². The van der Waals surface area contributed by atoms with Gasteiger partial charge in [0.15, 0.2) is 0 Å². The van der Waals surface area contributed by atoms with Crippen molar-refractivity contribution in [1.82, 2.24) is 5.32 Å². The van der Waals surface area contributed by atoms with Gasteiger partial charge in [-0.1, -0.05) is 37.5 Å². The minimum atomic E-state index is 0.0877. The fraction of sp³-hybridized carbons (Fsp3) is 0.588. The van der Waals surface area contributed by atoms with E-state index in [0.29, 0.717) is 19.4 Å². The summed E-state index contributed by atoms with van der Waals surface area (Å²) in [5, 5.41) is 13.7. The van der Waals surface area contributed by atoms with E-state index in [1.54, 1.807) is 11.3 Å². The maximum atomic E-state index is 11.9. The van der Waals surface area contributed by atoms with Crippen molar-refractivity contribution in [2.45, 2.75) is 51.5 Å². The first-order valence-electron chi connectivity index (χ1n) is 7.72. The first-order chi connectivity index (χ1) is 10.3. The summed E-state index contributed by atoms with van der Waals surface area (Å²) in [5.41, 5.74) is 0.963. The van der Waals surface area contributed by atoms with Crippen LogP contribution < -0.4 is 5.32 Å². The van der Waals surface area contributed by atoms with Crippen LogP contribution in [0.2, 0.25) is 0 Å². The molecule has 4 heteroatoms. The number of amides is 1. The number of nitrogens with one attached hydrogen (secondary N) is 1. The molecule has 0 unspecified atom stereocenters. The highest BCUT2D eigenvalue weighted by Gasteiger charge is 2.16. The molecule has 0 saturated heterocycles. The summed E-state index contributed by atoms with van der Waals surface area (Å²) in [4.78, 5) is 13.0. The standard InChI is InChI=1S/C17H23NO2S/c19-11-4-3-7-15-10-12-21-16(15)13-18-17(20)9-8-14-5-1-2-6-14/h10,12,14,19H,1-2,4-6,8-9,11,13H2,(H,18,20). The molecular formula is C17H23NO2S. The van der Waals surface area contributed by atoms with Gasteiger partial charge < -0.3 is 10.4 Å². The van der Waals surface area contributed by atoms with Crippen LogP contribution in [0, 0.1) is 17.8 Å². The number of rotatable bonds is 6. The first-order valence-corrected chi connectivity index (χ1v) is 8.60. The van der Waals surface area contributed by atoms with Gasteiger partial charge in [0, 0.05) is 23.3 Å². The van der Waals surface area contributed by atoms with Gasteiger partial charge in [-0.25, -0.2) is 0 Å². The van der Waals surface area contributed by atoms with Crippen molar-refractivity contribution in [3.8, 4) is 11.8 Å². The van der Waals surface area contributed by atoms with E-state index in [0.717, 1.165) is 22.8 Å². The molecule has 0 atom stereocenters. The molecule has 1 amide bonds. The maximum absolute atomic E-state index is 11.9. The number of thiophene rings is 1. The van der Waals surface area contributed by atoms with Crippen LogP contribution in [-0.4, -0.2) is 17.6 Å². The average molecular weight is 305 g/mol. The monoisotopic (exact) mass is 305 g/mol. The van der Waals surface area contributed by atoms with Crippen LogP contribution in [-0.2, 0) is 11.3 Å². The van der Waals surface area contributed by atoms with Crippen LogP contribution in [0.3, 0.4) is 0 Å². The third-order valence-corrected chi connectivity index (χ3v) is 4.83. The number of hydrogen-bond donors (Lipinski definition) is 2. The summed E-state index contributed by atoms with van der Waals surface area (Å²) in [6.45, 7) is 0.647. The van der Waals surface area contributed by atoms with E-state index >= 15 is 0 Å². The number of carbonyl (C=O) groups excluding carboxylic acids is 1. The van der Waals surface area contributed by atoms with Crippen molar-refractivity contribution < 1.29 is 9.90 Å². The van der Waals surface area contributed by atoms with Crippen LogP contribution in [0.15, 0.2) is 11.4 Å². The Balaban J connectivity index is 1.73. The van der Waals surface area contributed by atoms with Crippen LogP contribution in [0.1, 0.15) is 55.4 Å². The molecule has 0 aromatic carbocycles. The molecule has 3 nitrogen and oxygen atoms in total. The normalized spacial score (nSPS) is 14.7. The van der Waals surface area contributed by atoms with Crippen molar-refractivity contribution in [2.24, 2.45) is 5.92 Å². The van der Waals surface area contributed by atoms with Gasteiger partial charge >= 0.3 is 0 Å². The van der Waals surface area contributed by atoms with E-state index in [1.807, 2.05) is 11.4 Å². The predicted molar refractivity (Wildman–Crippen MR) is 85.9 cm³/mol. The van der Waals surface area contributed by atoms with E-state index in [1.165, 1.54) is 25.7 Å². The number of carbonyl (C=O) groups is 1. The SMILES string of the molecule is O=C(CCC1CCCC1)NCc1sccc1C#CCCO. The average Bonchev–Trinajstić information content (AvgIpc) is 3.15. The van der Waals surface area contributed by atoms with Gasteiger partial charge in [-0.05, 0) is 23.8 Å². The number of aliphatic hydroxyl groups excluding tert-OH is 1. The van der Waals surface area contributed by atoms with E-state index in [4.69, 9.17) is 5.11 Å². The highest BCUT2D eigenvalue weighted by atomic mass is 32.1. The number of hydrogen-bond acceptors (Lipinski definition) is 3. The lowest BCUT2D eigenvalue weighted by molar-refractivity contribution is -0.121. The van der Waals surface area contributed by atoms with Crippen molar-refractivity contribution in [1.29, 1.82) is 0 Å². The lowest BCUT2D eigenvalue weighted by atomic mass is 10.0. The summed E-state index contributed by atoms with van der Waals surface area (Å²) in [5.74, 6) is 6.87. The quantitative estimate of drug-likeness (QED) is 0.794. The Bertz CT molecular complexity index is 506. The zero-order valence-electron chi connectivity index (χ0n) is 12.4. The van der Waals surface area contributed by atoms with Crippen molar-refractivity contribution in [3.63, 3.8) is 0 Å². The third-order valence-electron chi connectivity index (χ3n) is 3.91. The molecular weight excluding hydrogens is 282 g/mol. The molecule has 0 aliphatic heterocycles. The summed E-state index contributed by atoms with van der Waals surface area (Å²) in [6.07, 6.45) is 7.41. The smallest absolute Gasteiger partial charge is 0.220 e. The van der Waals surface area contributed by atoms with Gasteiger partial charge in [-0.2, -0.15) is 0 Å². The second-order valence-corrected chi connectivity index (χ2v) is 6.50. The van der Waals surface area contributed by atoms with Crippen molar-refractivity contribution in [3.05, 3.63) is 21.9 Å². The molecule has 1 heterocycles. The molecule has 1 fully saturated rings. The Morgan fingerprint density at radius 2 is 2.24 bits per heavy atom. The molecule has 21 heavy (non-hydrogen) atoms. The second kappa shape index (κ2) is 8.86. The zero-order valence-corrected chi connectivity index (χ0v) is 13.2. The summed E-state index contributed by atoms with van der Waals surface area (Å²) >= 11 is 1.61. The largest absolute Gasteiger partial charge is 0.395 e. The van der Waals surface area contributed by atoms with Gasteiger partial charge in [0.2, 0.25) is 5.91 Å². The Morgan fingerprint density at radius 1 is 1.43 bits per heavy atom. The van der Waals surface area contributed by atoms with E-state index in [9.17, 15) is 4.79 Å². The topological polar surface area (TPSA) is 49.3 Å². The van der Waals surface area contributed by atoms with E-state index < -0.39 is 0 Å². The molecule has 1 aliphatic carbocycles. The lowest BCUT2D eigenvalue weighted by Gasteiger charge is -2.08. The summed E-state index contributed by atoms with van der Waals surface area (Å²) in [6, 6.07) is 1.97. The van der Waals surface area contributed by atoms with Crippen LogP contribution in [0.5, 0.6) is 0 Å². The lowest BCUT2D eigenvalue weighted by Crippen LogP contribution is -2.22. The molecule has 2 N–H and O–H groups in total. The maximum Gasteiger partial charge on any atom is 0.220 e. The Labute approximate surface area is 130 Å². The summed E-state index contributed by atoms with van der Waals surface area (Å²) < 4.78 is 0. The molecule has 1 saturated carbocycles. The highest BCUT2D eigenvalue weighted by molar-refractivity contribution is 7.10. The summed E-state index contributed by atoms with van der Waals surface area (Å²) in [7, 11) is 0. The predicted octanol–water partition coefficient (Wildman–Crippen LogP) is 3.07. The van der Waals surface area contributed by atoms with Crippen molar-refractivity contribution >= 4 is 17.2 Å². The first kappa shape index (κ1) is 16.1. The van der Waals surface area contributed by atoms with E-state index in [2.05, 4.69) is 17.2 Å². The molecule has 2 rings (SSSR count). The fourth-order valence-corrected chi connectivity index (χ4v) is 3.47. The Hall–Kier alpha value is -1.31. The Morgan fingerprint density at radius 3 is 3.00 bits per heavy atom. The second-order valence-electron chi connectivity index (χ2n) is 5.50. The van der Waals surface area contributed by atoms with Gasteiger partial charge in [-0.3, -0.25) is 4.79 Å². The van der Waals surface area contributed by atoms with Crippen molar-refractivity contribution in [2.75, 3.05) is 6.61 Å². The minimum Gasteiger partial charge on any atom is -0.395 e. The Kier molecular flexibility index (Phi) is 6.78. The molecule has 1 aromatic heterocycles. The van der Waals surface area contributed by atoms with Gasteiger partial charge in [0.05, 0.1) is 13.2 Å². The molecule has 114 valence electrons.